The molecule has 0 spiro atoms. The summed E-state index contributed by atoms with van der Waals surface area (Å²) in [7, 11) is 0. The van der Waals surface area contributed by atoms with Gasteiger partial charge in [0.2, 0.25) is 0 Å². The van der Waals surface area contributed by atoms with E-state index in [2.05, 4.69) is 0 Å². The van der Waals surface area contributed by atoms with Crippen molar-refractivity contribution in [1.82, 2.24) is 0 Å². The first kappa shape index (κ1) is 13.9. The highest BCUT2D eigenvalue weighted by atomic mass is 16.5. The lowest BCUT2D eigenvalue weighted by Gasteiger charge is -2.23. The Hall–Kier alpha value is -1.55. The molecule has 1 atom stereocenters. The molecular weight excluding hydrogens is 242 g/mol. The van der Waals surface area contributed by atoms with Crippen LogP contribution in [0.1, 0.15) is 37.7 Å². The molecule has 1 aromatic rings. The lowest BCUT2D eigenvalue weighted by Crippen LogP contribution is -2.32. The standard InChI is InChI=1S/C15H21NO3/c16-14(15(17)18)10-11-6-8-13(9-7-11)19-12-4-2-1-3-5-12/h6-9,12,14H,1-5,10,16H2,(H,17,18). The Bertz CT molecular complexity index is 410. The van der Waals surface area contributed by atoms with Gasteiger partial charge in [-0.25, -0.2) is 0 Å². The van der Waals surface area contributed by atoms with E-state index >= 15 is 0 Å². The van der Waals surface area contributed by atoms with Crippen LogP contribution < -0.4 is 10.5 Å². The smallest absolute Gasteiger partial charge is 0.320 e. The van der Waals surface area contributed by atoms with Gasteiger partial charge >= 0.3 is 5.97 Å². The second-order valence-electron chi connectivity index (χ2n) is 5.17. The van der Waals surface area contributed by atoms with Gasteiger partial charge in [0.25, 0.3) is 0 Å². The summed E-state index contributed by atoms with van der Waals surface area (Å²) in [4.78, 5) is 10.7. The number of carboxylic acid groups (broad SMARTS) is 1. The van der Waals surface area contributed by atoms with Crippen LogP contribution in [-0.4, -0.2) is 23.2 Å². The third-order valence-corrected chi connectivity index (χ3v) is 3.55. The Kier molecular flexibility index (Phi) is 4.80. The molecule has 0 radical (unpaired) electrons. The normalized spacial score (nSPS) is 17.9. The highest BCUT2D eigenvalue weighted by Gasteiger charge is 2.15. The predicted octanol–water partition coefficient (Wildman–Crippen LogP) is 2.35. The molecule has 3 N–H and O–H groups in total. The topological polar surface area (TPSA) is 72.5 Å². The molecule has 0 aliphatic heterocycles. The number of hydrogen-bond acceptors (Lipinski definition) is 3. The van der Waals surface area contributed by atoms with Crippen LogP contribution in [0.3, 0.4) is 0 Å². The summed E-state index contributed by atoms with van der Waals surface area (Å²) >= 11 is 0. The largest absolute Gasteiger partial charge is 0.490 e. The lowest BCUT2D eigenvalue weighted by atomic mass is 9.98. The summed E-state index contributed by atoms with van der Waals surface area (Å²) < 4.78 is 5.92. The summed E-state index contributed by atoms with van der Waals surface area (Å²) in [6.45, 7) is 0. The van der Waals surface area contributed by atoms with Gasteiger partial charge in [0, 0.05) is 0 Å². The Labute approximate surface area is 113 Å². The van der Waals surface area contributed by atoms with Gasteiger partial charge in [0.05, 0.1) is 6.10 Å². The maximum absolute atomic E-state index is 10.7. The van der Waals surface area contributed by atoms with Crippen molar-refractivity contribution in [3.05, 3.63) is 29.8 Å². The minimum Gasteiger partial charge on any atom is -0.490 e. The second-order valence-corrected chi connectivity index (χ2v) is 5.17. The predicted molar refractivity (Wildman–Crippen MR) is 73.3 cm³/mol. The third kappa shape index (κ3) is 4.24. The number of carbonyl (C=O) groups is 1. The maximum Gasteiger partial charge on any atom is 0.320 e. The zero-order valence-electron chi connectivity index (χ0n) is 11.0. The maximum atomic E-state index is 10.7. The van der Waals surface area contributed by atoms with E-state index in [1.165, 1.54) is 19.3 Å². The molecule has 1 aliphatic carbocycles. The molecule has 19 heavy (non-hydrogen) atoms. The van der Waals surface area contributed by atoms with Crippen molar-refractivity contribution in [2.75, 3.05) is 0 Å². The molecule has 0 aromatic heterocycles. The molecular formula is C15H21NO3. The van der Waals surface area contributed by atoms with E-state index in [9.17, 15) is 4.79 Å². The van der Waals surface area contributed by atoms with Gasteiger partial charge in [0.1, 0.15) is 11.8 Å². The van der Waals surface area contributed by atoms with Gasteiger partial charge in [-0.3, -0.25) is 4.79 Å². The van der Waals surface area contributed by atoms with Crippen LogP contribution in [0.5, 0.6) is 5.75 Å². The minimum atomic E-state index is -0.970. The third-order valence-electron chi connectivity index (χ3n) is 3.55. The Morgan fingerprint density at radius 1 is 1.26 bits per heavy atom. The second kappa shape index (κ2) is 6.57. The van der Waals surface area contributed by atoms with Gasteiger partial charge in [-0.05, 0) is 49.8 Å². The number of aliphatic carboxylic acids is 1. The molecule has 1 saturated carbocycles. The van der Waals surface area contributed by atoms with E-state index < -0.39 is 12.0 Å². The van der Waals surface area contributed by atoms with Crippen LogP contribution in [0.25, 0.3) is 0 Å². The van der Waals surface area contributed by atoms with Crippen LogP contribution in [0, 0.1) is 0 Å². The van der Waals surface area contributed by atoms with Crippen LogP contribution in [0.4, 0.5) is 0 Å². The highest BCUT2D eigenvalue weighted by Crippen LogP contribution is 2.23. The number of benzene rings is 1. The van der Waals surface area contributed by atoms with Crippen molar-refractivity contribution in [2.45, 2.75) is 50.7 Å². The van der Waals surface area contributed by atoms with Gasteiger partial charge < -0.3 is 15.6 Å². The average molecular weight is 263 g/mol. The monoisotopic (exact) mass is 263 g/mol. The minimum absolute atomic E-state index is 0.334. The number of hydrogen-bond donors (Lipinski definition) is 2. The molecule has 0 heterocycles. The van der Waals surface area contributed by atoms with E-state index in [0.29, 0.717) is 12.5 Å². The number of rotatable bonds is 5. The zero-order chi connectivity index (χ0) is 13.7. The first-order valence-corrected chi connectivity index (χ1v) is 6.89. The average Bonchev–Trinajstić information content (AvgIpc) is 2.42. The van der Waals surface area contributed by atoms with Crippen molar-refractivity contribution in [3.63, 3.8) is 0 Å². The van der Waals surface area contributed by atoms with E-state index in [4.69, 9.17) is 15.6 Å². The Balaban J connectivity index is 1.88. The van der Waals surface area contributed by atoms with Crippen molar-refractivity contribution in [2.24, 2.45) is 5.73 Å². The Morgan fingerprint density at radius 3 is 2.47 bits per heavy atom. The molecule has 2 rings (SSSR count). The van der Waals surface area contributed by atoms with E-state index in [0.717, 1.165) is 24.2 Å². The van der Waals surface area contributed by atoms with Gasteiger partial charge in [-0.1, -0.05) is 18.6 Å². The molecule has 1 aliphatic rings. The quantitative estimate of drug-likeness (QED) is 0.855. The lowest BCUT2D eigenvalue weighted by molar-refractivity contribution is -0.138. The molecule has 0 saturated heterocycles. The Morgan fingerprint density at radius 2 is 1.89 bits per heavy atom. The molecule has 1 fully saturated rings. The van der Waals surface area contributed by atoms with E-state index in [-0.39, 0.29) is 0 Å². The number of carboxylic acids is 1. The zero-order valence-corrected chi connectivity index (χ0v) is 11.0. The van der Waals surface area contributed by atoms with Crippen molar-refractivity contribution in [1.29, 1.82) is 0 Å². The van der Waals surface area contributed by atoms with E-state index in [1.54, 1.807) is 0 Å². The fraction of sp³-hybridized carbons (Fsp3) is 0.533. The molecule has 1 aromatic carbocycles. The van der Waals surface area contributed by atoms with Crippen LogP contribution in [-0.2, 0) is 11.2 Å². The van der Waals surface area contributed by atoms with Gasteiger partial charge in [-0.2, -0.15) is 0 Å². The van der Waals surface area contributed by atoms with Gasteiger partial charge in [-0.15, -0.1) is 0 Å². The van der Waals surface area contributed by atoms with Crippen LogP contribution >= 0.6 is 0 Å². The molecule has 0 amide bonds. The summed E-state index contributed by atoms with van der Waals surface area (Å²) in [6, 6.07) is 6.74. The van der Waals surface area contributed by atoms with Crippen molar-refractivity contribution in [3.8, 4) is 5.75 Å². The molecule has 104 valence electrons. The summed E-state index contributed by atoms with van der Waals surface area (Å²) in [6.07, 6.45) is 6.75. The van der Waals surface area contributed by atoms with E-state index in [1.807, 2.05) is 24.3 Å². The molecule has 0 bridgehead atoms. The SMILES string of the molecule is NC(Cc1ccc(OC2CCCCC2)cc1)C(=O)O. The molecule has 1 unspecified atom stereocenters. The summed E-state index contributed by atoms with van der Waals surface area (Å²) in [5.74, 6) is -0.109. The molecule has 4 heteroatoms. The van der Waals surface area contributed by atoms with Crippen LogP contribution in [0.15, 0.2) is 24.3 Å². The fourth-order valence-electron chi connectivity index (χ4n) is 2.42. The first-order chi connectivity index (χ1) is 9.15. The summed E-state index contributed by atoms with van der Waals surface area (Å²) in [5, 5.41) is 8.76. The van der Waals surface area contributed by atoms with Gasteiger partial charge in [0.15, 0.2) is 0 Å². The van der Waals surface area contributed by atoms with Crippen molar-refractivity contribution >= 4 is 5.97 Å². The molecule has 4 nitrogen and oxygen atoms in total. The number of nitrogens with two attached hydrogens (primary N) is 1. The number of ether oxygens (including phenoxy) is 1. The fourth-order valence-corrected chi connectivity index (χ4v) is 2.42. The van der Waals surface area contributed by atoms with Crippen LogP contribution in [0.2, 0.25) is 0 Å². The summed E-state index contributed by atoms with van der Waals surface area (Å²) in [5.41, 5.74) is 6.43. The van der Waals surface area contributed by atoms with Crippen molar-refractivity contribution < 1.29 is 14.6 Å². The highest BCUT2D eigenvalue weighted by molar-refractivity contribution is 5.73. The first-order valence-electron chi connectivity index (χ1n) is 6.89.